The molecule has 0 heterocycles. The molecule has 0 aromatic heterocycles. The standard InChI is InChI=1S/C4H8BNO.2FH/c1-6(2)3-4(5)7;;/h3H2,1-2H3;2*1H. The Bertz CT molecular complexity index is 79.0. The lowest BCUT2D eigenvalue weighted by Crippen LogP contribution is -2.21. The second-order valence-electron chi connectivity index (χ2n) is 1.70. The van der Waals surface area contributed by atoms with Gasteiger partial charge in [-0.05, 0) is 14.1 Å². The molecule has 0 aliphatic rings. The second-order valence-corrected chi connectivity index (χ2v) is 1.70. The van der Waals surface area contributed by atoms with Crippen molar-refractivity contribution in [2.24, 2.45) is 0 Å². The van der Waals surface area contributed by atoms with E-state index in [4.69, 9.17) is 7.85 Å². The van der Waals surface area contributed by atoms with Crippen LogP contribution in [0.15, 0.2) is 0 Å². The van der Waals surface area contributed by atoms with Crippen LogP contribution in [0.3, 0.4) is 0 Å². The van der Waals surface area contributed by atoms with Crippen LogP contribution in [-0.2, 0) is 4.79 Å². The molecule has 0 aromatic rings. The van der Waals surface area contributed by atoms with Gasteiger partial charge in [0.1, 0.15) is 0 Å². The van der Waals surface area contributed by atoms with Gasteiger partial charge in [-0.3, -0.25) is 9.41 Å². The number of rotatable bonds is 2. The molecule has 0 bridgehead atoms. The van der Waals surface area contributed by atoms with E-state index in [1.165, 1.54) is 0 Å². The van der Waals surface area contributed by atoms with E-state index in [0.29, 0.717) is 6.54 Å². The fourth-order valence-electron chi connectivity index (χ4n) is 0.312. The molecule has 2 radical (unpaired) electrons. The lowest BCUT2D eigenvalue weighted by Gasteiger charge is -2.03. The largest absolute Gasteiger partial charge is 0.311 e. The molecule has 0 saturated heterocycles. The predicted molar refractivity (Wildman–Crippen MR) is 34.3 cm³/mol. The summed E-state index contributed by atoms with van der Waals surface area (Å²) < 4.78 is 0. The minimum absolute atomic E-state index is 0. The fourth-order valence-corrected chi connectivity index (χ4v) is 0.312. The first kappa shape index (κ1) is 15.8. The highest BCUT2D eigenvalue weighted by atomic mass is 19.0. The summed E-state index contributed by atoms with van der Waals surface area (Å²) in [7, 11) is 8.41. The average Bonchev–Trinajstić information content (AvgIpc) is 1.27. The van der Waals surface area contributed by atoms with E-state index < -0.39 is 0 Å². The second kappa shape index (κ2) is 7.55. The Balaban J connectivity index is -0.000000180. The van der Waals surface area contributed by atoms with Crippen LogP contribution in [0.4, 0.5) is 9.41 Å². The van der Waals surface area contributed by atoms with Gasteiger partial charge >= 0.3 is 0 Å². The summed E-state index contributed by atoms with van der Waals surface area (Å²) in [6.07, 6.45) is 0. The highest BCUT2D eigenvalue weighted by Crippen LogP contribution is 1.69. The van der Waals surface area contributed by atoms with Crippen LogP contribution < -0.4 is 0 Å². The van der Waals surface area contributed by atoms with E-state index in [-0.39, 0.29) is 15.1 Å². The summed E-state index contributed by atoms with van der Waals surface area (Å²) in [6, 6.07) is 0. The lowest BCUT2D eigenvalue weighted by atomic mass is 10.0. The molecule has 54 valence electrons. The molecule has 0 saturated carbocycles. The van der Waals surface area contributed by atoms with Gasteiger partial charge in [-0.15, -0.1) is 0 Å². The summed E-state index contributed by atoms with van der Waals surface area (Å²) in [5.41, 5.74) is -0.287. The summed E-state index contributed by atoms with van der Waals surface area (Å²) in [6.45, 7) is 0.333. The van der Waals surface area contributed by atoms with Crippen LogP contribution in [-0.4, -0.2) is 39.1 Å². The molecule has 0 N–H and O–H groups in total. The minimum atomic E-state index is -0.287. The van der Waals surface area contributed by atoms with Gasteiger partial charge in [0.2, 0.25) is 0 Å². The first-order chi connectivity index (χ1) is 3.13. The highest BCUT2D eigenvalue weighted by Gasteiger charge is 1.90. The number of hydrogen-bond donors (Lipinski definition) is 0. The Hall–Kier alpha value is -0.445. The molecule has 0 spiro atoms. The summed E-state index contributed by atoms with van der Waals surface area (Å²) in [4.78, 5) is 11.7. The first-order valence-corrected chi connectivity index (χ1v) is 2.06. The van der Waals surface area contributed by atoms with Gasteiger partial charge in [-0.25, -0.2) is 0 Å². The molecule has 0 atom stereocenters. The van der Waals surface area contributed by atoms with Gasteiger partial charge in [0.25, 0.3) is 0 Å². The molecule has 0 aromatic carbocycles. The monoisotopic (exact) mass is 137 g/mol. The summed E-state index contributed by atoms with van der Waals surface area (Å²) in [5, 5.41) is 0. The van der Waals surface area contributed by atoms with E-state index in [1.54, 1.807) is 19.0 Å². The Kier molecular flexibility index (Phi) is 13.3. The number of carbonyl (C=O) groups is 1. The van der Waals surface area contributed by atoms with Crippen molar-refractivity contribution >= 4 is 13.5 Å². The van der Waals surface area contributed by atoms with Gasteiger partial charge in [0.15, 0.2) is 7.85 Å². The van der Waals surface area contributed by atoms with Gasteiger partial charge in [0, 0.05) is 6.54 Å². The Morgan fingerprint density at radius 2 is 1.78 bits per heavy atom. The van der Waals surface area contributed by atoms with Gasteiger partial charge < -0.3 is 9.69 Å². The number of carbonyl (C=O) groups excluding carboxylic acids is 1. The topological polar surface area (TPSA) is 20.3 Å². The lowest BCUT2D eigenvalue weighted by molar-refractivity contribution is -0.112. The zero-order valence-corrected chi connectivity index (χ0v) is 5.46. The van der Waals surface area contributed by atoms with E-state index in [9.17, 15) is 4.79 Å². The number of likely N-dealkylation sites (N-methyl/N-ethyl adjacent to an activating group) is 1. The van der Waals surface area contributed by atoms with E-state index in [2.05, 4.69) is 0 Å². The SMILES string of the molecule is F.F.[B]C(=O)CN(C)C. The first-order valence-electron chi connectivity index (χ1n) is 2.06. The molecule has 9 heavy (non-hydrogen) atoms. The predicted octanol–water partition coefficient (Wildman–Crippen LogP) is -0.452. The van der Waals surface area contributed by atoms with Crippen molar-refractivity contribution in [3.63, 3.8) is 0 Å². The summed E-state index contributed by atoms with van der Waals surface area (Å²) in [5.74, 6) is 0. The highest BCUT2D eigenvalue weighted by molar-refractivity contribution is 6.58. The maximum Gasteiger partial charge on any atom is 0.169 e. The van der Waals surface area contributed by atoms with Crippen molar-refractivity contribution in [1.29, 1.82) is 0 Å². The van der Waals surface area contributed by atoms with Crippen LogP contribution in [0.2, 0.25) is 0 Å². The van der Waals surface area contributed by atoms with Gasteiger partial charge in [0.05, 0.1) is 5.68 Å². The fraction of sp³-hybridized carbons (Fsp3) is 0.750. The summed E-state index contributed by atoms with van der Waals surface area (Å²) >= 11 is 0. The van der Waals surface area contributed by atoms with E-state index >= 15 is 0 Å². The van der Waals surface area contributed by atoms with Gasteiger partial charge in [-0.2, -0.15) is 0 Å². The van der Waals surface area contributed by atoms with E-state index in [1.807, 2.05) is 0 Å². The third kappa shape index (κ3) is 18.4. The van der Waals surface area contributed by atoms with Crippen molar-refractivity contribution in [3.8, 4) is 0 Å². The Morgan fingerprint density at radius 1 is 1.44 bits per heavy atom. The molecule has 0 amide bonds. The average molecular weight is 137 g/mol. The molecule has 0 fully saturated rings. The molecule has 2 nitrogen and oxygen atoms in total. The molecule has 0 aliphatic heterocycles. The number of nitrogens with zero attached hydrogens (tertiary/aromatic N) is 1. The smallest absolute Gasteiger partial charge is 0.169 e. The van der Waals surface area contributed by atoms with E-state index in [0.717, 1.165) is 0 Å². The molecule has 0 unspecified atom stereocenters. The van der Waals surface area contributed by atoms with Crippen LogP contribution >= 0.6 is 0 Å². The van der Waals surface area contributed by atoms with Crippen molar-refractivity contribution in [3.05, 3.63) is 0 Å². The number of hydrogen-bond acceptors (Lipinski definition) is 2. The van der Waals surface area contributed by atoms with Crippen LogP contribution in [0, 0.1) is 0 Å². The van der Waals surface area contributed by atoms with Crippen LogP contribution in [0.1, 0.15) is 0 Å². The maximum absolute atomic E-state index is 9.99. The van der Waals surface area contributed by atoms with Crippen molar-refractivity contribution in [1.82, 2.24) is 4.90 Å². The molecule has 0 rings (SSSR count). The maximum atomic E-state index is 9.99. The zero-order chi connectivity index (χ0) is 5.86. The Morgan fingerprint density at radius 3 is 1.78 bits per heavy atom. The third-order valence-electron chi connectivity index (χ3n) is 0.472. The van der Waals surface area contributed by atoms with Crippen LogP contribution in [0.25, 0.3) is 0 Å². The number of halogens is 2. The van der Waals surface area contributed by atoms with Gasteiger partial charge in [-0.1, -0.05) is 0 Å². The minimum Gasteiger partial charge on any atom is -0.311 e. The normalized spacial score (nSPS) is 7.44. The quantitative estimate of drug-likeness (QED) is 0.480. The van der Waals surface area contributed by atoms with Crippen LogP contribution in [0.5, 0.6) is 0 Å². The van der Waals surface area contributed by atoms with Crippen molar-refractivity contribution < 1.29 is 14.2 Å². The third-order valence-corrected chi connectivity index (χ3v) is 0.472. The molecular weight excluding hydrogens is 127 g/mol. The zero-order valence-electron chi connectivity index (χ0n) is 5.46. The van der Waals surface area contributed by atoms with Crippen molar-refractivity contribution in [2.75, 3.05) is 20.6 Å². The Labute approximate surface area is 54.4 Å². The molecule has 0 aliphatic carbocycles. The molecular formula is C4H10BF2NO. The molecule has 5 heteroatoms. The van der Waals surface area contributed by atoms with Crippen molar-refractivity contribution in [2.45, 2.75) is 0 Å².